The summed E-state index contributed by atoms with van der Waals surface area (Å²) in [6.07, 6.45) is 29.6. The average molecular weight is 804 g/mol. The topological polar surface area (TPSA) is 12.0 Å². The van der Waals surface area contributed by atoms with Gasteiger partial charge in [0.15, 0.2) is 0 Å². The number of aryl methyl sites for hydroxylation is 1. The Morgan fingerprint density at radius 1 is 0.857 bits per heavy atom. The fourth-order valence-corrected chi connectivity index (χ4v) is 12.6. The van der Waals surface area contributed by atoms with E-state index >= 15 is 0 Å². The molecule has 300 valence electrons. The molecule has 0 saturated carbocycles. The van der Waals surface area contributed by atoms with Gasteiger partial charge in [0.2, 0.25) is 0 Å². The van der Waals surface area contributed by atoms with E-state index in [1.165, 1.54) is 109 Å². The number of thiophene rings is 2. The molecule has 1 nitrogen and oxygen atoms in total. The molecule has 1 aromatic carbocycles. The smallest absolute Gasteiger partial charge is 0.0674 e. The lowest BCUT2D eigenvalue weighted by Crippen LogP contribution is -2.30. The second-order valence-corrected chi connectivity index (χ2v) is 20.3. The van der Waals surface area contributed by atoms with Crippen LogP contribution in [0, 0.1) is 42.7 Å². The van der Waals surface area contributed by atoms with Crippen LogP contribution in [0.4, 0.5) is 0 Å². The minimum Gasteiger partial charge on any atom is -0.252 e. The van der Waals surface area contributed by atoms with Crippen LogP contribution in [0.1, 0.15) is 152 Å². The highest BCUT2D eigenvalue weighted by Gasteiger charge is 2.36. The molecule has 3 aliphatic carbocycles. The van der Waals surface area contributed by atoms with Crippen LogP contribution in [-0.2, 0) is 6.42 Å². The van der Waals surface area contributed by atoms with Crippen molar-refractivity contribution >= 4 is 40.2 Å². The van der Waals surface area contributed by atoms with E-state index in [0.29, 0.717) is 11.8 Å². The molecule has 0 aliphatic heterocycles. The first-order valence-corrected chi connectivity index (χ1v) is 25.0. The van der Waals surface area contributed by atoms with E-state index in [1.807, 2.05) is 22.7 Å². The third-order valence-electron chi connectivity index (χ3n) is 13.2. The zero-order valence-electron chi connectivity index (χ0n) is 35.9. The standard InChI is InChI=1S/C52H69NS3/c1-10-14-17-37(12-3)30-43(31-38(13-4)18-15-11-2)47-32-44-33-49(56-51(44)52-48(47)29-35(7)55-52)42-25-23-41(24-26-42)45-27-28-46(50(36(45)8)53-54-9)40-20-16-19-39(21-22-40)34(5)6/h21-23,25,27-29,33-34,37-38,43,47,50,53H,8,10-20,30-32H2,1-7,9H3. The van der Waals surface area contributed by atoms with Crippen LogP contribution in [0.2, 0.25) is 0 Å². The summed E-state index contributed by atoms with van der Waals surface area (Å²) in [5.41, 5.74) is 12.0. The van der Waals surface area contributed by atoms with Gasteiger partial charge in [0.1, 0.15) is 0 Å². The summed E-state index contributed by atoms with van der Waals surface area (Å²) in [6, 6.07) is 16.9. The summed E-state index contributed by atoms with van der Waals surface area (Å²) in [5, 5.41) is 0. The van der Waals surface area contributed by atoms with Crippen molar-refractivity contribution in [3.8, 4) is 20.2 Å². The van der Waals surface area contributed by atoms with Gasteiger partial charge in [0, 0.05) is 30.6 Å². The van der Waals surface area contributed by atoms with Crippen LogP contribution >= 0.6 is 34.6 Å². The lowest BCUT2D eigenvalue weighted by Gasteiger charge is -2.35. The summed E-state index contributed by atoms with van der Waals surface area (Å²) < 4.78 is 3.69. The minimum atomic E-state index is 0.0704. The quantitative estimate of drug-likeness (QED) is 0.121. The van der Waals surface area contributed by atoms with Crippen LogP contribution in [0.15, 0.2) is 77.4 Å². The Morgan fingerprint density at radius 2 is 1.55 bits per heavy atom. The van der Waals surface area contributed by atoms with Crippen LogP contribution in [-0.4, -0.2) is 12.3 Å². The number of rotatable bonds is 19. The van der Waals surface area contributed by atoms with Gasteiger partial charge in [-0.2, -0.15) is 0 Å². The molecule has 3 aliphatic rings. The van der Waals surface area contributed by atoms with Crippen molar-refractivity contribution in [2.24, 2.45) is 23.7 Å². The summed E-state index contributed by atoms with van der Waals surface area (Å²) in [4.78, 5) is 5.84. The highest BCUT2D eigenvalue weighted by atomic mass is 32.2. The van der Waals surface area contributed by atoms with Gasteiger partial charge in [-0.25, -0.2) is 0 Å². The van der Waals surface area contributed by atoms with E-state index in [4.69, 9.17) is 0 Å². The van der Waals surface area contributed by atoms with E-state index in [9.17, 15) is 0 Å². The molecule has 6 rings (SSSR count). The maximum atomic E-state index is 4.67. The van der Waals surface area contributed by atoms with E-state index in [1.54, 1.807) is 33.5 Å². The SMILES string of the molecule is C=C1C(c2c#cc(-c3cc4c(s3)-c3sc(C)cc3C(C(CC(CC)CCCC)CC(CC)CCCC)C4)cc2)=CC=C(C2=CC=C(C(C)C)CCC2)C1NSC. The maximum Gasteiger partial charge on any atom is 0.0674 e. The van der Waals surface area contributed by atoms with Crippen LogP contribution in [0.25, 0.3) is 25.8 Å². The van der Waals surface area contributed by atoms with Gasteiger partial charge in [-0.15, -0.1) is 22.7 Å². The van der Waals surface area contributed by atoms with Gasteiger partial charge in [-0.05, 0) is 139 Å². The Bertz CT molecular complexity index is 1870. The summed E-state index contributed by atoms with van der Waals surface area (Å²) in [6.45, 7) is 21.2. The molecule has 0 spiro atoms. The Labute approximate surface area is 354 Å². The molecule has 56 heavy (non-hydrogen) atoms. The number of unbranched alkanes of at least 4 members (excludes halogenated alkanes) is 2. The molecule has 1 N–H and O–H groups in total. The molecule has 4 unspecified atom stereocenters. The maximum absolute atomic E-state index is 4.67. The Kier molecular flexibility index (Phi) is 15.7. The van der Waals surface area contributed by atoms with Gasteiger partial charge in [0.25, 0.3) is 0 Å². The van der Waals surface area contributed by atoms with Crippen molar-refractivity contribution in [2.75, 3.05) is 6.26 Å². The predicted molar refractivity (Wildman–Crippen MR) is 252 cm³/mol. The van der Waals surface area contributed by atoms with Crippen molar-refractivity contribution in [3.63, 3.8) is 0 Å². The molecule has 3 aromatic rings. The monoisotopic (exact) mass is 803 g/mol. The lowest BCUT2D eigenvalue weighted by atomic mass is 9.70. The van der Waals surface area contributed by atoms with Crippen molar-refractivity contribution in [1.29, 1.82) is 0 Å². The highest BCUT2D eigenvalue weighted by molar-refractivity contribution is 7.96. The second-order valence-electron chi connectivity index (χ2n) is 17.3. The van der Waals surface area contributed by atoms with Gasteiger partial charge >= 0.3 is 0 Å². The molecular formula is C52H69NS3. The van der Waals surface area contributed by atoms with E-state index in [-0.39, 0.29) is 6.04 Å². The number of allylic oxidation sites excluding steroid dienone is 5. The largest absolute Gasteiger partial charge is 0.252 e. The van der Waals surface area contributed by atoms with Gasteiger partial charge in [0.05, 0.1) is 6.04 Å². The molecule has 4 atom stereocenters. The fourth-order valence-electron chi connectivity index (χ4n) is 9.70. The number of nitrogens with one attached hydrogen (secondary N) is 1. The third-order valence-corrected chi connectivity index (χ3v) is 16.1. The van der Waals surface area contributed by atoms with Crippen LogP contribution < -0.4 is 4.72 Å². The molecule has 0 radical (unpaired) electrons. The molecular weight excluding hydrogens is 735 g/mol. The summed E-state index contributed by atoms with van der Waals surface area (Å²) in [5.74, 6) is 3.62. The van der Waals surface area contributed by atoms with E-state index in [0.717, 1.165) is 46.4 Å². The van der Waals surface area contributed by atoms with Crippen molar-refractivity contribution in [1.82, 2.24) is 4.72 Å². The van der Waals surface area contributed by atoms with Crippen LogP contribution in [0.3, 0.4) is 0 Å². The normalized spacial score (nSPS) is 19.9. The first kappa shape index (κ1) is 43.0. The number of hydrogen-bond donors (Lipinski definition) is 1. The number of fused-ring (bicyclic) bond motifs is 3. The van der Waals surface area contributed by atoms with Crippen molar-refractivity contribution < 1.29 is 0 Å². The molecule has 0 amide bonds. The highest BCUT2D eigenvalue weighted by Crippen LogP contribution is 2.54. The predicted octanol–water partition coefficient (Wildman–Crippen LogP) is 16.3. The zero-order chi connectivity index (χ0) is 39.8. The second kappa shape index (κ2) is 20.4. The first-order valence-electron chi connectivity index (χ1n) is 22.2. The lowest BCUT2D eigenvalue weighted by molar-refractivity contribution is 0.237. The fraction of sp³-hybridized carbons (Fsp3) is 0.538. The molecule has 0 bridgehead atoms. The summed E-state index contributed by atoms with van der Waals surface area (Å²) >= 11 is 5.69. The van der Waals surface area contributed by atoms with Crippen LogP contribution in [0.5, 0.6) is 0 Å². The Balaban J connectivity index is 1.27. The van der Waals surface area contributed by atoms with Crippen molar-refractivity contribution in [3.05, 3.63) is 111 Å². The van der Waals surface area contributed by atoms with Crippen molar-refractivity contribution in [2.45, 2.75) is 150 Å². The first-order chi connectivity index (χ1) is 27.2. The number of hydrogen-bond acceptors (Lipinski definition) is 4. The molecule has 2 heterocycles. The van der Waals surface area contributed by atoms with E-state index < -0.39 is 0 Å². The Hall–Kier alpha value is -2.55. The van der Waals surface area contributed by atoms with Gasteiger partial charge < -0.3 is 0 Å². The molecule has 2 aromatic heterocycles. The molecule has 4 heteroatoms. The third kappa shape index (κ3) is 10.00. The minimum absolute atomic E-state index is 0.0704. The van der Waals surface area contributed by atoms with Gasteiger partial charge in [-0.3, -0.25) is 4.72 Å². The Morgan fingerprint density at radius 3 is 2.18 bits per heavy atom. The van der Waals surface area contributed by atoms with Gasteiger partial charge in [-0.1, -0.05) is 153 Å². The summed E-state index contributed by atoms with van der Waals surface area (Å²) in [7, 11) is 0. The molecule has 0 fully saturated rings. The average Bonchev–Trinajstić information content (AvgIpc) is 3.72. The van der Waals surface area contributed by atoms with E-state index in [2.05, 4.69) is 127 Å². The molecule has 0 saturated heterocycles. The zero-order valence-corrected chi connectivity index (χ0v) is 38.4.